The van der Waals surface area contributed by atoms with Crippen molar-refractivity contribution >= 4 is 28.8 Å². The zero-order valence-electron chi connectivity index (χ0n) is 8.51. The van der Waals surface area contributed by atoms with Gasteiger partial charge in [-0.3, -0.25) is 4.40 Å². The zero-order valence-corrected chi connectivity index (χ0v) is 10.0. The minimum atomic E-state index is 0.208. The van der Waals surface area contributed by atoms with E-state index in [0.717, 1.165) is 5.69 Å². The molecule has 3 aromatic heterocycles. The Labute approximate surface area is 107 Å². The third kappa shape index (κ3) is 1.75. The monoisotopic (exact) mass is 264 g/mol. The average molecular weight is 265 g/mol. The number of fused-ring (bicyclic) bond motifs is 1. The van der Waals surface area contributed by atoms with Crippen LogP contribution in [0.2, 0.25) is 10.3 Å². The molecule has 3 heterocycles. The van der Waals surface area contributed by atoms with Gasteiger partial charge in [-0.1, -0.05) is 11.6 Å². The predicted octanol–water partition coefficient (Wildman–Crippen LogP) is 3.10. The molecule has 3 aromatic rings. The Bertz CT molecular complexity index is 693. The van der Waals surface area contributed by atoms with Crippen molar-refractivity contribution < 1.29 is 0 Å². The molecule has 3 rings (SSSR count). The van der Waals surface area contributed by atoms with Crippen molar-refractivity contribution in [3.63, 3.8) is 0 Å². The van der Waals surface area contributed by atoms with Gasteiger partial charge in [0.2, 0.25) is 5.28 Å². The van der Waals surface area contributed by atoms with E-state index in [1.807, 2.05) is 16.7 Å². The predicted molar refractivity (Wildman–Crippen MR) is 66.2 cm³/mol. The third-order valence-corrected chi connectivity index (χ3v) is 2.85. The van der Waals surface area contributed by atoms with Crippen LogP contribution in [-0.4, -0.2) is 19.4 Å². The lowest BCUT2D eigenvalue weighted by Gasteiger charge is -2.01. The van der Waals surface area contributed by atoms with Gasteiger partial charge in [0, 0.05) is 12.4 Å². The van der Waals surface area contributed by atoms with Crippen molar-refractivity contribution in [3.8, 4) is 11.4 Å². The highest BCUT2D eigenvalue weighted by Crippen LogP contribution is 2.23. The first-order valence-electron chi connectivity index (χ1n) is 4.86. The highest BCUT2D eigenvalue weighted by molar-refractivity contribution is 6.33. The van der Waals surface area contributed by atoms with E-state index in [0.29, 0.717) is 16.4 Å². The number of pyridine rings is 1. The van der Waals surface area contributed by atoms with Crippen molar-refractivity contribution in [2.24, 2.45) is 0 Å². The van der Waals surface area contributed by atoms with Crippen LogP contribution in [0, 0.1) is 0 Å². The first-order valence-corrected chi connectivity index (χ1v) is 5.62. The lowest BCUT2D eigenvalue weighted by Crippen LogP contribution is -1.91. The van der Waals surface area contributed by atoms with Gasteiger partial charge in [-0.05, 0) is 29.8 Å². The summed E-state index contributed by atoms with van der Waals surface area (Å²) in [5, 5.41) is 0.804. The molecule has 17 heavy (non-hydrogen) atoms. The quantitative estimate of drug-likeness (QED) is 0.635. The van der Waals surface area contributed by atoms with Crippen LogP contribution in [0.1, 0.15) is 0 Å². The number of aromatic nitrogens is 4. The second-order valence-electron chi connectivity index (χ2n) is 3.40. The van der Waals surface area contributed by atoms with Gasteiger partial charge in [0.05, 0.1) is 22.6 Å². The Morgan fingerprint density at radius 2 is 2.00 bits per heavy atom. The van der Waals surface area contributed by atoms with Gasteiger partial charge in [-0.15, -0.1) is 0 Å². The smallest absolute Gasteiger partial charge is 0.222 e. The normalized spacial score (nSPS) is 10.9. The zero-order chi connectivity index (χ0) is 11.8. The van der Waals surface area contributed by atoms with Crippen molar-refractivity contribution in [2.75, 3.05) is 0 Å². The SMILES string of the molecule is Clc1nccc(-c2cnc3c(Cl)cccn23)n1. The van der Waals surface area contributed by atoms with Crippen LogP contribution < -0.4 is 0 Å². The van der Waals surface area contributed by atoms with Gasteiger partial charge >= 0.3 is 0 Å². The number of hydrogen-bond acceptors (Lipinski definition) is 3. The van der Waals surface area contributed by atoms with Gasteiger partial charge < -0.3 is 0 Å². The largest absolute Gasteiger partial charge is 0.297 e. The Morgan fingerprint density at radius 1 is 1.12 bits per heavy atom. The second kappa shape index (κ2) is 3.98. The molecule has 0 radical (unpaired) electrons. The molecule has 0 aliphatic carbocycles. The number of imidazole rings is 1. The van der Waals surface area contributed by atoms with Crippen LogP contribution in [-0.2, 0) is 0 Å². The van der Waals surface area contributed by atoms with E-state index in [2.05, 4.69) is 15.0 Å². The van der Waals surface area contributed by atoms with Crippen molar-refractivity contribution in [3.05, 3.63) is 47.1 Å². The summed E-state index contributed by atoms with van der Waals surface area (Å²) in [6.45, 7) is 0. The fraction of sp³-hybridized carbons (Fsp3) is 0. The molecule has 0 aliphatic rings. The number of hydrogen-bond donors (Lipinski definition) is 0. The third-order valence-electron chi connectivity index (χ3n) is 2.38. The summed E-state index contributed by atoms with van der Waals surface area (Å²) in [5.41, 5.74) is 2.23. The maximum absolute atomic E-state index is 6.05. The van der Waals surface area contributed by atoms with Crippen LogP contribution in [0.15, 0.2) is 36.8 Å². The number of halogens is 2. The molecule has 0 saturated carbocycles. The fourth-order valence-electron chi connectivity index (χ4n) is 1.64. The summed E-state index contributed by atoms with van der Waals surface area (Å²) in [5.74, 6) is 0. The van der Waals surface area contributed by atoms with Crippen molar-refractivity contribution in [1.29, 1.82) is 0 Å². The molecular formula is C11H6Cl2N4. The van der Waals surface area contributed by atoms with Crippen molar-refractivity contribution in [1.82, 2.24) is 19.4 Å². The summed E-state index contributed by atoms with van der Waals surface area (Å²) in [7, 11) is 0. The molecule has 0 N–H and O–H groups in total. The highest BCUT2D eigenvalue weighted by Gasteiger charge is 2.09. The first-order chi connectivity index (χ1) is 8.25. The van der Waals surface area contributed by atoms with Crippen LogP contribution in [0.5, 0.6) is 0 Å². The van der Waals surface area contributed by atoms with E-state index >= 15 is 0 Å². The van der Waals surface area contributed by atoms with Crippen molar-refractivity contribution in [2.45, 2.75) is 0 Å². The molecule has 0 saturated heterocycles. The second-order valence-corrected chi connectivity index (χ2v) is 4.15. The molecule has 4 nitrogen and oxygen atoms in total. The van der Waals surface area contributed by atoms with E-state index < -0.39 is 0 Å². The standard InChI is InChI=1S/C11H6Cl2N4/c12-7-2-1-5-17-9(6-15-10(7)17)8-3-4-14-11(13)16-8/h1-6H. The maximum Gasteiger partial charge on any atom is 0.222 e. The lowest BCUT2D eigenvalue weighted by molar-refractivity contribution is 1.13. The molecule has 6 heteroatoms. The summed E-state index contributed by atoms with van der Waals surface area (Å²) >= 11 is 11.8. The number of nitrogens with zero attached hydrogens (tertiary/aromatic N) is 4. The van der Waals surface area contributed by atoms with Crippen LogP contribution in [0.25, 0.3) is 17.0 Å². The van der Waals surface area contributed by atoms with E-state index in [-0.39, 0.29) is 5.28 Å². The molecule has 0 amide bonds. The molecule has 0 bridgehead atoms. The summed E-state index contributed by atoms with van der Waals surface area (Å²) in [4.78, 5) is 12.2. The minimum Gasteiger partial charge on any atom is -0.297 e. The molecule has 0 aromatic carbocycles. The van der Waals surface area contributed by atoms with Crippen LogP contribution >= 0.6 is 23.2 Å². The van der Waals surface area contributed by atoms with Gasteiger partial charge in [0.25, 0.3) is 0 Å². The molecule has 0 spiro atoms. The van der Waals surface area contributed by atoms with E-state index in [1.54, 1.807) is 24.5 Å². The van der Waals surface area contributed by atoms with Gasteiger partial charge in [0.15, 0.2) is 5.65 Å². The minimum absolute atomic E-state index is 0.208. The molecule has 0 atom stereocenters. The first kappa shape index (κ1) is 10.5. The summed E-state index contributed by atoms with van der Waals surface area (Å²) in [6, 6.07) is 5.42. The Kier molecular flexibility index (Phi) is 2.46. The molecule has 0 fully saturated rings. The van der Waals surface area contributed by atoms with E-state index in [9.17, 15) is 0 Å². The maximum atomic E-state index is 6.05. The molecule has 0 unspecified atom stereocenters. The van der Waals surface area contributed by atoms with Gasteiger partial charge in [0.1, 0.15) is 0 Å². The summed E-state index contributed by atoms with van der Waals surface area (Å²) in [6.07, 6.45) is 5.19. The molecule has 0 aliphatic heterocycles. The molecule has 84 valence electrons. The van der Waals surface area contributed by atoms with E-state index in [4.69, 9.17) is 23.2 Å². The number of rotatable bonds is 1. The van der Waals surface area contributed by atoms with Gasteiger partial charge in [-0.2, -0.15) is 0 Å². The average Bonchev–Trinajstić information content (AvgIpc) is 2.74. The summed E-state index contributed by atoms with van der Waals surface area (Å²) < 4.78 is 1.86. The fourth-order valence-corrected chi connectivity index (χ4v) is 2.00. The highest BCUT2D eigenvalue weighted by atomic mass is 35.5. The topological polar surface area (TPSA) is 43.1 Å². The van der Waals surface area contributed by atoms with Crippen LogP contribution in [0.3, 0.4) is 0 Å². The Hall–Kier alpha value is -1.65. The Morgan fingerprint density at radius 3 is 2.82 bits per heavy atom. The Balaban J connectivity index is 2.28. The lowest BCUT2D eigenvalue weighted by atomic mass is 10.3. The van der Waals surface area contributed by atoms with Gasteiger partial charge in [-0.25, -0.2) is 15.0 Å². The molecular weight excluding hydrogens is 259 g/mol. The van der Waals surface area contributed by atoms with E-state index in [1.165, 1.54) is 0 Å². The van der Waals surface area contributed by atoms with Crippen LogP contribution in [0.4, 0.5) is 0 Å².